The molecule has 0 radical (unpaired) electrons. The van der Waals surface area contributed by atoms with Crippen molar-refractivity contribution in [1.29, 1.82) is 0 Å². The van der Waals surface area contributed by atoms with E-state index in [-0.39, 0.29) is 0 Å². The zero-order valence-corrected chi connectivity index (χ0v) is 16.2. The summed E-state index contributed by atoms with van der Waals surface area (Å²) in [5.74, 6) is 0. The highest BCUT2D eigenvalue weighted by Gasteiger charge is 2.12. The number of rotatable bonds is 1. The lowest BCUT2D eigenvalue weighted by atomic mass is 10.2. The van der Waals surface area contributed by atoms with Crippen LogP contribution in [0.2, 0.25) is 0 Å². The van der Waals surface area contributed by atoms with E-state index < -0.39 is 0 Å². The Balaban J connectivity index is 0.000000753. The van der Waals surface area contributed by atoms with Gasteiger partial charge in [-0.25, -0.2) is 0 Å². The molecule has 0 saturated carbocycles. The van der Waals surface area contributed by atoms with Crippen LogP contribution in [0.3, 0.4) is 0 Å². The van der Waals surface area contributed by atoms with E-state index in [0.717, 1.165) is 8.95 Å². The quantitative estimate of drug-likeness (QED) is 0.297. The van der Waals surface area contributed by atoms with E-state index in [1.807, 2.05) is 19.9 Å². The second kappa shape index (κ2) is 6.90. The van der Waals surface area contributed by atoms with Crippen LogP contribution in [-0.4, -0.2) is 4.57 Å². The van der Waals surface area contributed by atoms with Crippen LogP contribution in [0.5, 0.6) is 0 Å². The van der Waals surface area contributed by atoms with Gasteiger partial charge in [0, 0.05) is 25.4 Å². The Bertz CT molecular complexity index is 896. The van der Waals surface area contributed by atoms with Gasteiger partial charge in [-0.05, 0) is 48.5 Å². The highest BCUT2D eigenvalue weighted by Crippen LogP contribution is 2.34. The van der Waals surface area contributed by atoms with Crippen LogP contribution in [0.1, 0.15) is 13.8 Å². The van der Waals surface area contributed by atoms with Crippen molar-refractivity contribution >= 4 is 53.7 Å². The van der Waals surface area contributed by atoms with Crippen LogP contribution in [0.15, 0.2) is 75.7 Å². The Morgan fingerprint density at radius 3 is 1.61 bits per heavy atom. The number of benzene rings is 3. The maximum Gasteiger partial charge on any atom is 0.0541 e. The smallest absolute Gasteiger partial charge is 0.0541 e. The summed E-state index contributed by atoms with van der Waals surface area (Å²) in [4.78, 5) is 0. The molecule has 0 saturated heterocycles. The van der Waals surface area contributed by atoms with E-state index >= 15 is 0 Å². The minimum Gasteiger partial charge on any atom is -0.309 e. The van der Waals surface area contributed by atoms with Crippen molar-refractivity contribution in [3.8, 4) is 5.69 Å². The van der Waals surface area contributed by atoms with E-state index in [2.05, 4.69) is 97.1 Å². The average Bonchev–Trinajstić information content (AvgIpc) is 2.90. The van der Waals surface area contributed by atoms with Gasteiger partial charge in [-0.1, -0.05) is 63.9 Å². The fourth-order valence-corrected chi connectivity index (χ4v) is 3.55. The molecule has 3 heteroatoms. The lowest BCUT2D eigenvalue weighted by Gasteiger charge is -2.07. The first kappa shape index (κ1) is 16.3. The largest absolute Gasteiger partial charge is 0.309 e. The lowest BCUT2D eigenvalue weighted by Crippen LogP contribution is -1.92. The summed E-state index contributed by atoms with van der Waals surface area (Å²) in [6.45, 7) is 4.00. The topological polar surface area (TPSA) is 4.93 Å². The normalized spacial score (nSPS) is 10.6. The van der Waals surface area contributed by atoms with Gasteiger partial charge < -0.3 is 4.57 Å². The van der Waals surface area contributed by atoms with Gasteiger partial charge in [0.05, 0.1) is 11.0 Å². The maximum atomic E-state index is 3.58. The number of para-hydroxylation sites is 1. The highest BCUT2D eigenvalue weighted by molar-refractivity contribution is 9.10. The van der Waals surface area contributed by atoms with Crippen LogP contribution >= 0.6 is 31.9 Å². The number of aromatic nitrogens is 1. The number of nitrogens with zero attached hydrogens (tertiary/aromatic N) is 1. The predicted molar refractivity (Wildman–Crippen MR) is 108 cm³/mol. The molecule has 1 heterocycles. The number of fused-ring (bicyclic) bond motifs is 3. The molecule has 0 unspecified atom stereocenters. The molecular weight excluding hydrogens is 414 g/mol. The van der Waals surface area contributed by atoms with E-state index in [4.69, 9.17) is 0 Å². The molecular formula is C20H17Br2N. The molecule has 1 nitrogen and oxygen atoms in total. The second-order valence-corrected chi connectivity index (χ2v) is 6.83. The van der Waals surface area contributed by atoms with Gasteiger partial charge in [-0.2, -0.15) is 0 Å². The molecule has 0 aliphatic carbocycles. The third-order valence-corrected chi connectivity index (χ3v) is 4.69. The van der Waals surface area contributed by atoms with Crippen molar-refractivity contribution < 1.29 is 0 Å². The molecule has 0 aliphatic heterocycles. The molecule has 0 fully saturated rings. The molecule has 0 amide bonds. The van der Waals surface area contributed by atoms with Gasteiger partial charge in [0.1, 0.15) is 0 Å². The summed E-state index contributed by atoms with van der Waals surface area (Å²) in [5, 5.41) is 2.51. The van der Waals surface area contributed by atoms with Gasteiger partial charge in [0.15, 0.2) is 0 Å². The number of halogens is 2. The van der Waals surface area contributed by atoms with Crippen molar-refractivity contribution in [2.24, 2.45) is 0 Å². The average molecular weight is 431 g/mol. The molecule has 0 spiro atoms. The minimum atomic E-state index is 1.10. The van der Waals surface area contributed by atoms with Crippen molar-refractivity contribution in [1.82, 2.24) is 4.57 Å². The lowest BCUT2D eigenvalue weighted by molar-refractivity contribution is 1.18. The van der Waals surface area contributed by atoms with E-state index in [1.165, 1.54) is 27.5 Å². The molecule has 4 aromatic rings. The zero-order chi connectivity index (χ0) is 16.4. The Hall–Kier alpha value is -1.58. The first-order chi connectivity index (χ1) is 11.2. The van der Waals surface area contributed by atoms with Gasteiger partial charge in [-0.3, -0.25) is 0 Å². The molecule has 0 atom stereocenters. The Morgan fingerprint density at radius 2 is 1.13 bits per heavy atom. The monoisotopic (exact) mass is 429 g/mol. The van der Waals surface area contributed by atoms with Gasteiger partial charge in [0.2, 0.25) is 0 Å². The molecule has 4 rings (SSSR count). The zero-order valence-electron chi connectivity index (χ0n) is 13.1. The first-order valence-corrected chi connectivity index (χ1v) is 9.27. The van der Waals surface area contributed by atoms with Crippen molar-refractivity contribution in [2.45, 2.75) is 13.8 Å². The Morgan fingerprint density at radius 1 is 0.652 bits per heavy atom. The van der Waals surface area contributed by atoms with E-state index in [9.17, 15) is 0 Å². The SMILES string of the molecule is Brc1ccc2c(c1)c1cc(Br)ccc1n2-c1ccccc1.CC. The van der Waals surface area contributed by atoms with Crippen molar-refractivity contribution in [3.63, 3.8) is 0 Å². The van der Waals surface area contributed by atoms with Crippen LogP contribution in [0.4, 0.5) is 0 Å². The maximum absolute atomic E-state index is 3.58. The van der Waals surface area contributed by atoms with Gasteiger partial charge >= 0.3 is 0 Å². The summed E-state index contributed by atoms with van der Waals surface area (Å²) in [7, 11) is 0. The fourth-order valence-electron chi connectivity index (χ4n) is 2.82. The minimum absolute atomic E-state index is 1.10. The summed E-state index contributed by atoms with van der Waals surface area (Å²) < 4.78 is 4.51. The van der Waals surface area contributed by atoms with Crippen LogP contribution in [0, 0.1) is 0 Å². The fraction of sp³-hybridized carbons (Fsp3) is 0.100. The third kappa shape index (κ3) is 2.96. The number of hydrogen-bond donors (Lipinski definition) is 0. The second-order valence-electron chi connectivity index (χ2n) is 4.99. The summed E-state index contributed by atoms with van der Waals surface area (Å²) in [6.07, 6.45) is 0. The van der Waals surface area contributed by atoms with Crippen molar-refractivity contribution in [3.05, 3.63) is 75.7 Å². The molecule has 0 bridgehead atoms. The Kier molecular flexibility index (Phi) is 4.88. The predicted octanol–water partition coefficient (Wildman–Crippen LogP) is 7.33. The van der Waals surface area contributed by atoms with Crippen LogP contribution in [-0.2, 0) is 0 Å². The van der Waals surface area contributed by atoms with Gasteiger partial charge in [-0.15, -0.1) is 0 Å². The van der Waals surface area contributed by atoms with Crippen LogP contribution in [0.25, 0.3) is 27.5 Å². The summed E-state index contributed by atoms with van der Waals surface area (Å²) in [5.41, 5.74) is 3.62. The molecule has 3 aromatic carbocycles. The van der Waals surface area contributed by atoms with E-state index in [1.54, 1.807) is 0 Å². The molecule has 23 heavy (non-hydrogen) atoms. The highest BCUT2D eigenvalue weighted by atomic mass is 79.9. The summed E-state index contributed by atoms with van der Waals surface area (Å²) >= 11 is 7.16. The van der Waals surface area contributed by atoms with Crippen LogP contribution < -0.4 is 0 Å². The molecule has 116 valence electrons. The standard InChI is InChI=1S/C18H11Br2N.C2H6/c19-12-6-8-17-15(10-12)16-11-13(20)7-9-18(16)21(17)14-4-2-1-3-5-14;1-2/h1-11H;1-2H3. The number of hydrogen-bond acceptors (Lipinski definition) is 0. The van der Waals surface area contributed by atoms with Gasteiger partial charge in [0.25, 0.3) is 0 Å². The first-order valence-electron chi connectivity index (χ1n) is 7.69. The van der Waals surface area contributed by atoms with E-state index in [0.29, 0.717) is 0 Å². The van der Waals surface area contributed by atoms with Crippen molar-refractivity contribution in [2.75, 3.05) is 0 Å². The molecule has 0 aliphatic rings. The Labute approximate surface area is 153 Å². The molecule has 0 N–H and O–H groups in total. The molecule has 1 aromatic heterocycles. The third-order valence-electron chi connectivity index (χ3n) is 3.70. The summed E-state index contributed by atoms with van der Waals surface area (Å²) in [6, 6.07) is 23.4.